The molecule has 1 heterocycles. The standard InChI is InChI=1S/C19H28ClNO2/c20-19-8-4-3-7-17(19)13-23-14-18(22)12-21-10-9-15-5-1-2-6-16(15)11-21/h3-4,7-8,15-16,18,22H,1-2,5-6,9-14H2/t15-,16-,18-/m0/s1. The topological polar surface area (TPSA) is 32.7 Å². The Morgan fingerprint density at radius 2 is 1.96 bits per heavy atom. The van der Waals surface area contributed by atoms with E-state index < -0.39 is 6.10 Å². The lowest BCUT2D eigenvalue weighted by molar-refractivity contribution is -0.00648. The van der Waals surface area contributed by atoms with Gasteiger partial charge in [0.1, 0.15) is 0 Å². The lowest BCUT2D eigenvalue weighted by Gasteiger charge is -2.41. The summed E-state index contributed by atoms with van der Waals surface area (Å²) in [4.78, 5) is 2.43. The molecule has 1 aliphatic heterocycles. The van der Waals surface area contributed by atoms with Crippen LogP contribution in [-0.2, 0) is 11.3 Å². The number of aliphatic hydroxyl groups excluding tert-OH is 1. The zero-order valence-electron chi connectivity index (χ0n) is 13.8. The Balaban J connectivity index is 1.38. The van der Waals surface area contributed by atoms with Gasteiger partial charge in [-0.3, -0.25) is 0 Å². The summed E-state index contributed by atoms with van der Waals surface area (Å²) < 4.78 is 5.65. The molecule has 0 bridgehead atoms. The third-order valence-corrected chi connectivity index (χ3v) is 5.74. The van der Waals surface area contributed by atoms with Crippen molar-refractivity contribution in [3.8, 4) is 0 Å². The van der Waals surface area contributed by atoms with Crippen molar-refractivity contribution in [3.05, 3.63) is 34.9 Å². The number of likely N-dealkylation sites (tertiary alicyclic amines) is 1. The van der Waals surface area contributed by atoms with Gasteiger partial charge in [-0.2, -0.15) is 0 Å². The highest BCUT2D eigenvalue weighted by molar-refractivity contribution is 6.31. The zero-order chi connectivity index (χ0) is 16.1. The van der Waals surface area contributed by atoms with E-state index in [9.17, 15) is 5.11 Å². The summed E-state index contributed by atoms with van der Waals surface area (Å²) in [5, 5.41) is 11.0. The number of hydrogen-bond acceptors (Lipinski definition) is 3. The van der Waals surface area contributed by atoms with Crippen LogP contribution in [0.15, 0.2) is 24.3 Å². The molecule has 3 nitrogen and oxygen atoms in total. The molecule has 1 aromatic carbocycles. The van der Waals surface area contributed by atoms with Crippen molar-refractivity contribution in [3.63, 3.8) is 0 Å². The summed E-state index contributed by atoms with van der Waals surface area (Å²) in [7, 11) is 0. The van der Waals surface area contributed by atoms with Crippen molar-refractivity contribution in [1.82, 2.24) is 4.90 Å². The number of fused-ring (bicyclic) bond motifs is 1. The molecule has 3 atom stereocenters. The van der Waals surface area contributed by atoms with Crippen LogP contribution in [0.25, 0.3) is 0 Å². The maximum atomic E-state index is 10.2. The zero-order valence-corrected chi connectivity index (χ0v) is 14.5. The number of piperidine rings is 1. The van der Waals surface area contributed by atoms with Crippen molar-refractivity contribution in [2.75, 3.05) is 26.2 Å². The minimum atomic E-state index is -0.419. The molecule has 4 heteroatoms. The van der Waals surface area contributed by atoms with Crippen molar-refractivity contribution >= 4 is 11.6 Å². The van der Waals surface area contributed by atoms with Gasteiger partial charge in [0.25, 0.3) is 0 Å². The summed E-state index contributed by atoms with van der Waals surface area (Å²) in [6.45, 7) is 3.85. The first-order valence-corrected chi connectivity index (χ1v) is 9.31. The van der Waals surface area contributed by atoms with Gasteiger partial charge in [-0.05, 0) is 42.9 Å². The SMILES string of the molecule is O[C@H](COCc1ccccc1Cl)CN1CC[C@@H]2CCCC[C@H]2C1. The van der Waals surface area contributed by atoms with Crippen LogP contribution in [-0.4, -0.2) is 42.4 Å². The summed E-state index contributed by atoms with van der Waals surface area (Å²) in [6, 6.07) is 7.69. The Morgan fingerprint density at radius 1 is 1.17 bits per heavy atom. The van der Waals surface area contributed by atoms with E-state index in [1.165, 1.54) is 32.1 Å². The number of halogens is 1. The molecule has 0 radical (unpaired) electrons. The van der Waals surface area contributed by atoms with Crippen LogP contribution in [0.2, 0.25) is 5.02 Å². The predicted molar refractivity (Wildman–Crippen MR) is 93.6 cm³/mol. The van der Waals surface area contributed by atoms with Crippen LogP contribution in [0.4, 0.5) is 0 Å². The molecular weight excluding hydrogens is 310 g/mol. The average Bonchev–Trinajstić information content (AvgIpc) is 2.56. The number of rotatable bonds is 6. The van der Waals surface area contributed by atoms with Gasteiger partial charge in [0.15, 0.2) is 0 Å². The number of ether oxygens (including phenoxy) is 1. The van der Waals surface area contributed by atoms with Gasteiger partial charge in [0.2, 0.25) is 0 Å². The van der Waals surface area contributed by atoms with Gasteiger partial charge in [-0.25, -0.2) is 0 Å². The molecule has 0 spiro atoms. The highest BCUT2D eigenvalue weighted by Gasteiger charge is 2.31. The largest absolute Gasteiger partial charge is 0.389 e. The molecule has 2 aliphatic rings. The lowest BCUT2D eigenvalue weighted by Crippen LogP contribution is -2.45. The molecule has 1 aliphatic carbocycles. The highest BCUT2D eigenvalue weighted by atomic mass is 35.5. The molecule has 3 rings (SSSR count). The van der Waals surface area contributed by atoms with Gasteiger partial charge in [-0.1, -0.05) is 49.1 Å². The van der Waals surface area contributed by atoms with Gasteiger partial charge in [0, 0.05) is 18.1 Å². The van der Waals surface area contributed by atoms with E-state index in [-0.39, 0.29) is 0 Å². The summed E-state index contributed by atoms with van der Waals surface area (Å²) in [5.74, 6) is 1.79. The fraction of sp³-hybridized carbons (Fsp3) is 0.684. The van der Waals surface area contributed by atoms with Gasteiger partial charge < -0.3 is 14.7 Å². The monoisotopic (exact) mass is 337 g/mol. The third-order valence-electron chi connectivity index (χ3n) is 5.37. The Bertz CT molecular complexity index is 496. The van der Waals surface area contributed by atoms with E-state index in [1.807, 2.05) is 24.3 Å². The first-order valence-electron chi connectivity index (χ1n) is 8.94. The molecule has 0 amide bonds. The van der Waals surface area contributed by atoms with Crippen LogP contribution < -0.4 is 0 Å². The molecule has 0 aromatic heterocycles. The van der Waals surface area contributed by atoms with Gasteiger partial charge in [0.05, 0.1) is 19.3 Å². The second kappa shape index (κ2) is 8.48. The molecule has 0 unspecified atom stereocenters. The number of benzene rings is 1. The third kappa shape index (κ3) is 4.93. The van der Waals surface area contributed by atoms with Crippen LogP contribution >= 0.6 is 11.6 Å². The summed E-state index contributed by atoms with van der Waals surface area (Å²) >= 11 is 6.11. The maximum absolute atomic E-state index is 10.2. The molecule has 1 saturated carbocycles. The highest BCUT2D eigenvalue weighted by Crippen LogP contribution is 2.35. The molecule has 23 heavy (non-hydrogen) atoms. The number of nitrogens with zero attached hydrogens (tertiary/aromatic N) is 1. The van der Waals surface area contributed by atoms with E-state index in [0.29, 0.717) is 13.2 Å². The van der Waals surface area contributed by atoms with E-state index in [4.69, 9.17) is 16.3 Å². The van der Waals surface area contributed by atoms with Crippen molar-refractivity contribution < 1.29 is 9.84 Å². The molecule has 1 saturated heterocycles. The smallest absolute Gasteiger partial charge is 0.0900 e. The molecule has 1 aromatic rings. The molecule has 128 valence electrons. The molecule has 2 fully saturated rings. The minimum absolute atomic E-state index is 0.371. The van der Waals surface area contributed by atoms with Crippen LogP contribution in [0, 0.1) is 11.8 Å². The van der Waals surface area contributed by atoms with E-state index in [0.717, 1.165) is 42.1 Å². The van der Waals surface area contributed by atoms with Crippen molar-refractivity contribution in [2.45, 2.75) is 44.8 Å². The normalized spacial score (nSPS) is 26.7. The Hall–Kier alpha value is -0.610. The lowest BCUT2D eigenvalue weighted by atomic mass is 9.75. The number of hydrogen-bond donors (Lipinski definition) is 1. The predicted octanol–water partition coefficient (Wildman–Crippen LogP) is 3.73. The minimum Gasteiger partial charge on any atom is -0.389 e. The average molecular weight is 338 g/mol. The van der Waals surface area contributed by atoms with E-state index in [1.54, 1.807) is 0 Å². The van der Waals surface area contributed by atoms with Crippen LogP contribution in [0.5, 0.6) is 0 Å². The summed E-state index contributed by atoms with van der Waals surface area (Å²) in [5.41, 5.74) is 0.976. The Labute approximate surface area is 144 Å². The van der Waals surface area contributed by atoms with E-state index >= 15 is 0 Å². The Morgan fingerprint density at radius 3 is 2.78 bits per heavy atom. The first kappa shape index (κ1) is 17.2. The van der Waals surface area contributed by atoms with Crippen molar-refractivity contribution in [2.24, 2.45) is 11.8 Å². The van der Waals surface area contributed by atoms with Gasteiger partial charge in [-0.15, -0.1) is 0 Å². The van der Waals surface area contributed by atoms with E-state index in [2.05, 4.69) is 4.90 Å². The van der Waals surface area contributed by atoms with Crippen LogP contribution in [0.3, 0.4) is 0 Å². The fourth-order valence-corrected chi connectivity index (χ4v) is 4.30. The molecular formula is C19H28ClNO2. The number of aliphatic hydroxyl groups is 1. The fourth-order valence-electron chi connectivity index (χ4n) is 4.11. The quantitative estimate of drug-likeness (QED) is 0.858. The first-order chi connectivity index (χ1) is 11.2. The van der Waals surface area contributed by atoms with Crippen molar-refractivity contribution in [1.29, 1.82) is 0 Å². The van der Waals surface area contributed by atoms with Crippen LogP contribution in [0.1, 0.15) is 37.7 Å². The Kier molecular flexibility index (Phi) is 6.35. The molecule has 1 N–H and O–H groups in total. The second-order valence-electron chi connectivity index (χ2n) is 7.11. The maximum Gasteiger partial charge on any atom is 0.0900 e. The van der Waals surface area contributed by atoms with Gasteiger partial charge >= 0.3 is 0 Å². The second-order valence-corrected chi connectivity index (χ2v) is 7.52. The summed E-state index contributed by atoms with van der Waals surface area (Å²) in [6.07, 6.45) is 6.48. The number of β-amino-alcohol motifs (C(OH)–C–C–N with tert-alkyl or cyclic N) is 1.